The Morgan fingerprint density at radius 3 is 2.50 bits per heavy atom. The normalized spacial score (nSPS) is 11.0. The van der Waals surface area contributed by atoms with E-state index in [4.69, 9.17) is 4.74 Å². The summed E-state index contributed by atoms with van der Waals surface area (Å²) in [5.74, 6) is 0.764. The number of nitro benzene ring substituents is 1. The monoisotopic (exact) mass is 363 g/mol. The standard InChI is InChI=1S/C19H13N3O3S/c1-25-17-8-4-14(5-9-17)18-12-26-19(21-18)15(11-20)10-13-2-6-16(7-3-13)22(23)24/h2-10,12H,1H3/b15-10+. The van der Waals surface area contributed by atoms with Crippen LogP contribution in [0.15, 0.2) is 53.9 Å². The highest BCUT2D eigenvalue weighted by molar-refractivity contribution is 7.11. The second-order valence-corrected chi connectivity index (χ2v) is 6.14. The summed E-state index contributed by atoms with van der Waals surface area (Å²) >= 11 is 1.37. The maximum atomic E-state index is 10.7. The maximum Gasteiger partial charge on any atom is 0.269 e. The van der Waals surface area contributed by atoms with Crippen molar-refractivity contribution in [3.63, 3.8) is 0 Å². The van der Waals surface area contributed by atoms with Crippen LogP contribution in [0, 0.1) is 21.4 Å². The second-order valence-electron chi connectivity index (χ2n) is 5.28. The number of thiazole rings is 1. The van der Waals surface area contributed by atoms with Crippen molar-refractivity contribution < 1.29 is 9.66 Å². The molecule has 3 aromatic rings. The lowest BCUT2D eigenvalue weighted by atomic mass is 10.1. The highest BCUT2D eigenvalue weighted by Gasteiger charge is 2.10. The summed E-state index contributed by atoms with van der Waals surface area (Å²) in [6.07, 6.45) is 1.67. The fourth-order valence-corrected chi connectivity index (χ4v) is 3.09. The van der Waals surface area contributed by atoms with Crippen LogP contribution in [0.3, 0.4) is 0 Å². The molecule has 2 aromatic carbocycles. The van der Waals surface area contributed by atoms with Crippen LogP contribution in [0.4, 0.5) is 5.69 Å². The van der Waals surface area contributed by atoms with Crippen LogP contribution in [0.1, 0.15) is 10.6 Å². The molecule has 3 rings (SSSR count). The molecule has 0 N–H and O–H groups in total. The van der Waals surface area contributed by atoms with Gasteiger partial charge in [0.25, 0.3) is 5.69 Å². The van der Waals surface area contributed by atoms with E-state index in [-0.39, 0.29) is 5.69 Å². The summed E-state index contributed by atoms with van der Waals surface area (Å²) in [5.41, 5.74) is 2.83. The van der Waals surface area contributed by atoms with Gasteiger partial charge in [-0.15, -0.1) is 11.3 Å². The van der Waals surface area contributed by atoms with Crippen LogP contribution in [0.25, 0.3) is 22.9 Å². The minimum atomic E-state index is -0.458. The third kappa shape index (κ3) is 3.77. The fourth-order valence-electron chi connectivity index (χ4n) is 2.29. The molecule has 128 valence electrons. The van der Waals surface area contributed by atoms with Gasteiger partial charge in [0.2, 0.25) is 0 Å². The smallest absolute Gasteiger partial charge is 0.269 e. The first-order valence-electron chi connectivity index (χ1n) is 7.57. The lowest BCUT2D eigenvalue weighted by molar-refractivity contribution is -0.384. The summed E-state index contributed by atoms with van der Waals surface area (Å²) in [7, 11) is 1.61. The molecule has 7 heteroatoms. The predicted molar refractivity (Wildman–Crippen MR) is 101 cm³/mol. The van der Waals surface area contributed by atoms with E-state index in [9.17, 15) is 15.4 Å². The Morgan fingerprint density at radius 2 is 1.92 bits per heavy atom. The van der Waals surface area contributed by atoms with Crippen LogP contribution in [0.2, 0.25) is 0 Å². The van der Waals surface area contributed by atoms with Crippen LogP contribution in [0.5, 0.6) is 5.75 Å². The van der Waals surface area contributed by atoms with E-state index in [0.717, 1.165) is 17.0 Å². The molecule has 0 aliphatic carbocycles. The first-order valence-corrected chi connectivity index (χ1v) is 8.45. The van der Waals surface area contributed by atoms with Crippen molar-refractivity contribution in [1.29, 1.82) is 5.26 Å². The van der Waals surface area contributed by atoms with Gasteiger partial charge in [0, 0.05) is 23.1 Å². The molecular formula is C19H13N3O3S. The lowest BCUT2D eigenvalue weighted by Crippen LogP contribution is -1.87. The van der Waals surface area contributed by atoms with Gasteiger partial charge >= 0.3 is 0 Å². The number of rotatable bonds is 5. The Kier molecular flexibility index (Phi) is 5.06. The number of ether oxygens (including phenoxy) is 1. The van der Waals surface area contributed by atoms with Crippen LogP contribution >= 0.6 is 11.3 Å². The predicted octanol–water partition coefficient (Wildman–Crippen LogP) is 4.79. The van der Waals surface area contributed by atoms with Crippen molar-refractivity contribution in [2.24, 2.45) is 0 Å². The van der Waals surface area contributed by atoms with Crippen molar-refractivity contribution in [2.75, 3.05) is 7.11 Å². The zero-order valence-corrected chi connectivity index (χ0v) is 14.6. The molecule has 6 nitrogen and oxygen atoms in total. The number of non-ortho nitro benzene ring substituents is 1. The Labute approximate surface area is 153 Å². The molecule has 26 heavy (non-hydrogen) atoms. The molecule has 0 radical (unpaired) electrons. The summed E-state index contributed by atoms with van der Waals surface area (Å²) in [5, 5.41) is 22.6. The van der Waals surface area contributed by atoms with Gasteiger partial charge in [0.05, 0.1) is 23.3 Å². The van der Waals surface area contributed by atoms with Gasteiger partial charge in [-0.2, -0.15) is 5.26 Å². The quantitative estimate of drug-likeness (QED) is 0.369. The number of nitriles is 1. The van der Waals surface area contributed by atoms with Crippen molar-refractivity contribution >= 4 is 28.7 Å². The van der Waals surface area contributed by atoms with E-state index < -0.39 is 4.92 Å². The molecule has 0 amide bonds. The van der Waals surface area contributed by atoms with Crippen molar-refractivity contribution in [1.82, 2.24) is 4.98 Å². The molecular weight excluding hydrogens is 350 g/mol. The number of allylic oxidation sites excluding steroid dienone is 1. The lowest BCUT2D eigenvalue weighted by Gasteiger charge is -2.00. The topological polar surface area (TPSA) is 89.0 Å². The minimum absolute atomic E-state index is 0.0108. The first kappa shape index (κ1) is 17.3. The van der Waals surface area contributed by atoms with E-state index >= 15 is 0 Å². The number of hydrogen-bond acceptors (Lipinski definition) is 6. The van der Waals surface area contributed by atoms with Crippen LogP contribution in [-0.4, -0.2) is 17.0 Å². The fraction of sp³-hybridized carbons (Fsp3) is 0.0526. The molecule has 0 unspecified atom stereocenters. The van der Waals surface area contributed by atoms with Gasteiger partial charge in [-0.1, -0.05) is 0 Å². The molecule has 0 spiro atoms. The van der Waals surface area contributed by atoms with Gasteiger partial charge in [-0.25, -0.2) is 4.98 Å². The van der Waals surface area contributed by atoms with E-state index in [1.165, 1.54) is 23.5 Å². The summed E-state index contributed by atoms with van der Waals surface area (Å²) in [6.45, 7) is 0. The average molecular weight is 363 g/mol. The molecule has 1 heterocycles. The second kappa shape index (κ2) is 7.59. The van der Waals surface area contributed by atoms with Gasteiger partial charge in [0.15, 0.2) is 0 Å². The summed E-state index contributed by atoms with van der Waals surface area (Å²) in [4.78, 5) is 14.8. The number of nitrogens with zero attached hydrogens (tertiary/aromatic N) is 3. The van der Waals surface area contributed by atoms with E-state index in [2.05, 4.69) is 11.1 Å². The average Bonchev–Trinajstić information content (AvgIpc) is 3.16. The Hall–Kier alpha value is -3.50. The van der Waals surface area contributed by atoms with Crippen LogP contribution in [-0.2, 0) is 0 Å². The van der Waals surface area contributed by atoms with E-state index in [1.807, 2.05) is 29.6 Å². The third-order valence-corrected chi connectivity index (χ3v) is 4.53. The highest BCUT2D eigenvalue weighted by atomic mass is 32.1. The molecule has 0 aliphatic rings. The zero-order chi connectivity index (χ0) is 18.5. The molecule has 0 aliphatic heterocycles. The highest BCUT2D eigenvalue weighted by Crippen LogP contribution is 2.28. The molecule has 0 bridgehead atoms. The number of nitro groups is 1. The molecule has 0 saturated heterocycles. The van der Waals surface area contributed by atoms with Crippen molar-refractivity contribution in [3.05, 3.63) is 74.6 Å². The number of aromatic nitrogens is 1. The number of methoxy groups -OCH3 is 1. The molecule has 0 saturated carbocycles. The van der Waals surface area contributed by atoms with Crippen molar-refractivity contribution in [2.45, 2.75) is 0 Å². The third-order valence-electron chi connectivity index (χ3n) is 3.66. The minimum Gasteiger partial charge on any atom is -0.497 e. The molecule has 0 fully saturated rings. The van der Waals surface area contributed by atoms with Crippen LogP contribution < -0.4 is 4.74 Å². The van der Waals surface area contributed by atoms with E-state index in [1.54, 1.807) is 25.3 Å². The Bertz CT molecular complexity index is 1000. The van der Waals surface area contributed by atoms with Crippen molar-refractivity contribution in [3.8, 4) is 23.1 Å². The van der Waals surface area contributed by atoms with Gasteiger partial charge in [-0.3, -0.25) is 10.1 Å². The number of benzene rings is 2. The summed E-state index contributed by atoms with van der Waals surface area (Å²) in [6, 6.07) is 15.7. The maximum absolute atomic E-state index is 10.7. The Balaban J connectivity index is 1.87. The van der Waals surface area contributed by atoms with Gasteiger partial charge < -0.3 is 4.74 Å². The zero-order valence-electron chi connectivity index (χ0n) is 13.7. The van der Waals surface area contributed by atoms with E-state index in [0.29, 0.717) is 16.1 Å². The number of hydrogen-bond donors (Lipinski definition) is 0. The Morgan fingerprint density at radius 1 is 1.23 bits per heavy atom. The summed E-state index contributed by atoms with van der Waals surface area (Å²) < 4.78 is 5.14. The molecule has 0 atom stereocenters. The SMILES string of the molecule is COc1ccc(-c2csc(/C(C#N)=C/c3ccc([N+](=O)[O-])cc3)n2)cc1. The first-order chi connectivity index (χ1) is 12.6. The van der Waals surface area contributed by atoms with Gasteiger partial charge in [0.1, 0.15) is 16.8 Å². The molecule has 1 aromatic heterocycles. The van der Waals surface area contributed by atoms with Gasteiger partial charge in [-0.05, 0) is 48.0 Å². The largest absolute Gasteiger partial charge is 0.497 e.